The molecule has 1 atom stereocenters. The van der Waals surface area contributed by atoms with E-state index in [4.69, 9.17) is 4.98 Å². The van der Waals surface area contributed by atoms with Gasteiger partial charge in [-0.3, -0.25) is 14.2 Å². The van der Waals surface area contributed by atoms with Gasteiger partial charge < -0.3 is 4.90 Å². The molecular formula is C23H31N3O4S2. The minimum atomic E-state index is -3.08. The molecule has 174 valence electrons. The fourth-order valence-electron chi connectivity index (χ4n) is 4.79. The van der Waals surface area contributed by atoms with Gasteiger partial charge in [0.25, 0.3) is 5.56 Å². The number of aromatic nitrogens is 2. The highest BCUT2D eigenvalue weighted by molar-refractivity contribution is 7.99. The Bertz CT molecular complexity index is 1150. The molecule has 1 saturated carbocycles. The molecule has 0 bridgehead atoms. The van der Waals surface area contributed by atoms with Crippen molar-refractivity contribution >= 4 is 38.4 Å². The molecule has 32 heavy (non-hydrogen) atoms. The van der Waals surface area contributed by atoms with Crippen LogP contribution in [-0.4, -0.2) is 58.6 Å². The number of hydrogen-bond donors (Lipinski definition) is 0. The van der Waals surface area contributed by atoms with Gasteiger partial charge >= 0.3 is 0 Å². The highest BCUT2D eigenvalue weighted by Crippen LogP contribution is 2.32. The van der Waals surface area contributed by atoms with Crippen molar-refractivity contribution < 1.29 is 13.2 Å². The smallest absolute Gasteiger partial charge is 0.262 e. The van der Waals surface area contributed by atoms with Crippen molar-refractivity contribution in [2.24, 2.45) is 5.92 Å². The Balaban J connectivity index is 1.60. The normalized spacial score (nSPS) is 20.9. The largest absolute Gasteiger partial charge is 0.338 e. The van der Waals surface area contributed by atoms with E-state index in [2.05, 4.69) is 0 Å². The van der Waals surface area contributed by atoms with Gasteiger partial charge in [0.15, 0.2) is 15.0 Å². The quantitative estimate of drug-likeness (QED) is 0.449. The number of thioether (sulfide) groups is 1. The third kappa shape index (κ3) is 5.03. The highest BCUT2D eigenvalue weighted by Gasteiger charge is 2.35. The second-order valence-electron chi connectivity index (χ2n) is 9.31. The fourth-order valence-corrected chi connectivity index (χ4v) is 7.47. The number of carbonyl (C=O) groups is 1. The van der Waals surface area contributed by atoms with Gasteiger partial charge in [-0.15, -0.1) is 0 Å². The summed E-state index contributed by atoms with van der Waals surface area (Å²) in [6, 6.07) is 7.19. The van der Waals surface area contributed by atoms with Crippen LogP contribution in [0.2, 0.25) is 0 Å². The zero-order valence-corrected chi connectivity index (χ0v) is 20.3. The molecule has 7 nitrogen and oxygen atoms in total. The maximum atomic E-state index is 13.3. The minimum absolute atomic E-state index is 0.0388. The third-order valence-electron chi connectivity index (χ3n) is 6.32. The molecule has 4 rings (SSSR count). The molecule has 1 aliphatic heterocycles. The summed E-state index contributed by atoms with van der Waals surface area (Å²) in [5.74, 6) is 0.465. The Kier molecular flexibility index (Phi) is 6.95. The van der Waals surface area contributed by atoms with Gasteiger partial charge in [-0.05, 0) is 37.3 Å². The molecule has 2 fully saturated rings. The Morgan fingerprint density at radius 1 is 1.22 bits per heavy atom. The van der Waals surface area contributed by atoms with Crippen molar-refractivity contribution in [2.75, 3.05) is 23.8 Å². The van der Waals surface area contributed by atoms with Gasteiger partial charge in [-0.1, -0.05) is 50.6 Å². The molecule has 1 aliphatic carbocycles. The molecule has 1 aromatic heterocycles. The van der Waals surface area contributed by atoms with Crippen molar-refractivity contribution in [1.29, 1.82) is 0 Å². The van der Waals surface area contributed by atoms with Gasteiger partial charge in [0, 0.05) is 18.6 Å². The van der Waals surface area contributed by atoms with E-state index < -0.39 is 9.84 Å². The number of carbonyl (C=O) groups excluding carboxylic acids is 1. The van der Waals surface area contributed by atoms with E-state index in [1.165, 1.54) is 11.8 Å². The summed E-state index contributed by atoms with van der Waals surface area (Å²) in [6.45, 7) is 4.58. The third-order valence-corrected chi connectivity index (χ3v) is 9.01. The Labute approximate surface area is 193 Å². The first-order chi connectivity index (χ1) is 15.2. The van der Waals surface area contributed by atoms with Crippen LogP contribution in [0.3, 0.4) is 0 Å². The van der Waals surface area contributed by atoms with Crippen molar-refractivity contribution in [1.82, 2.24) is 14.5 Å². The lowest BCUT2D eigenvalue weighted by Crippen LogP contribution is -2.44. The van der Waals surface area contributed by atoms with E-state index in [0.717, 1.165) is 25.7 Å². The molecule has 2 aliphatic rings. The van der Waals surface area contributed by atoms with Gasteiger partial charge in [-0.25, -0.2) is 13.4 Å². The van der Waals surface area contributed by atoms with Crippen molar-refractivity contribution in [3.05, 3.63) is 34.6 Å². The molecule has 2 aromatic rings. The van der Waals surface area contributed by atoms with Gasteiger partial charge in [0.05, 0.1) is 28.2 Å². The van der Waals surface area contributed by atoms with Gasteiger partial charge in [0.2, 0.25) is 5.91 Å². The number of nitrogens with zero attached hydrogens (tertiary/aromatic N) is 3. The van der Waals surface area contributed by atoms with Crippen LogP contribution in [0.1, 0.15) is 52.0 Å². The second kappa shape index (κ2) is 9.55. The molecule has 9 heteroatoms. The lowest BCUT2D eigenvalue weighted by atomic mass is 10.1. The standard InChI is InChI=1S/C23H31N3O4S2/c1-16(2)13-25(18-11-12-32(29,30)15-18)21(27)14-31-23-24-20-10-6-5-9-19(20)22(28)26(23)17-7-3-4-8-17/h5-6,9-10,16-18H,3-4,7-8,11-15H2,1-2H3. The van der Waals surface area contributed by atoms with Crippen LogP contribution in [0.15, 0.2) is 34.2 Å². The summed E-state index contributed by atoms with van der Waals surface area (Å²) in [7, 11) is -3.08. The molecule has 1 saturated heterocycles. The van der Waals surface area contributed by atoms with E-state index in [1.54, 1.807) is 15.5 Å². The number of sulfone groups is 1. The van der Waals surface area contributed by atoms with Crippen LogP contribution in [0.4, 0.5) is 0 Å². The molecular weight excluding hydrogens is 446 g/mol. The molecule has 1 unspecified atom stereocenters. The van der Waals surface area contributed by atoms with Crippen LogP contribution in [-0.2, 0) is 14.6 Å². The van der Waals surface area contributed by atoms with Crippen LogP contribution < -0.4 is 5.56 Å². The van der Waals surface area contributed by atoms with Gasteiger partial charge in [0.1, 0.15) is 0 Å². The molecule has 0 radical (unpaired) electrons. The average Bonchev–Trinajstić information content (AvgIpc) is 3.39. The summed E-state index contributed by atoms with van der Waals surface area (Å²) in [4.78, 5) is 33.0. The molecule has 2 heterocycles. The second-order valence-corrected chi connectivity index (χ2v) is 12.5. The van der Waals surface area contributed by atoms with Crippen LogP contribution in [0.25, 0.3) is 10.9 Å². The predicted octanol–water partition coefficient (Wildman–Crippen LogP) is 3.28. The van der Waals surface area contributed by atoms with Crippen LogP contribution in [0.5, 0.6) is 0 Å². The summed E-state index contributed by atoms with van der Waals surface area (Å²) < 4.78 is 25.8. The van der Waals surface area contributed by atoms with Crippen LogP contribution >= 0.6 is 11.8 Å². The highest BCUT2D eigenvalue weighted by atomic mass is 32.2. The lowest BCUT2D eigenvalue weighted by Gasteiger charge is -2.30. The van der Waals surface area contributed by atoms with E-state index in [-0.39, 0.29) is 46.7 Å². The Hall–Kier alpha value is -1.87. The number of fused-ring (bicyclic) bond motifs is 1. The van der Waals surface area contributed by atoms with E-state index in [9.17, 15) is 18.0 Å². The Morgan fingerprint density at radius 2 is 1.94 bits per heavy atom. The fraction of sp³-hybridized carbons (Fsp3) is 0.609. The first-order valence-corrected chi connectivity index (χ1v) is 14.2. The van der Waals surface area contributed by atoms with E-state index >= 15 is 0 Å². The molecule has 0 spiro atoms. The number of amides is 1. The minimum Gasteiger partial charge on any atom is -0.338 e. The predicted molar refractivity (Wildman–Crippen MR) is 128 cm³/mol. The summed E-state index contributed by atoms with van der Waals surface area (Å²) in [5.41, 5.74) is 0.598. The first-order valence-electron chi connectivity index (χ1n) is 11.4. The SMILES string of the molecule is CC(C)CN(C(=O)CSc1nc2ccccc2c(=O)n1C1CCCC1)C1CCS(=O)(=O)C1. The number of benzene rings is 1. The Morgan fingerprint density at radius 3 is 2.59 bits per heavy atom. The van der Waals surface area contributed by atoms with Gasteiger partial charge in [-0.2, -0.15) is 0 Å². The van der Waals surface area contributed by atoms with Crippen molar-refractivity contribution in [2.45, 2.75) is 63.2 Å². The van der Waals surface area contributed by atoms with Crippen LogP contribution in [0, 0.1) is 5.92 Å². The molecule has 1 amide bonds. The topological polar surface area (TPSA) is 89.3 Å². The monoisotopic (exact) mass is 477 g/mol. The van der Waals surface area contributed by atoms with Crippen molar-refractivity contribution in [3.8, 4) is 0 Å². The maximum Gasteiger partial charge on any atom is 0.262 e. The molecule has 0 N–H and O–H groups in total. The molecule has 1 aromatic carbocycles. The number of rotatable bonds is 7. The zero-order valence-electron chi connectivity index (χ0n) is 18.7. The summed E-state index contributed by atoms with van der Waals surface area (Å²) in [5, 5.41) is 1.19. The lowest BCUT2D eigenvalue weighted by molar-refractivity contribution is -0.130. The average molecular weight is 478 g/mol. The number of hydrogen-bond acceptors (Lipinski definition) is 6. The zero-order chi connectivity index (χ0) is 22.9. The van der Waals surface area contributed by atoms with Crippen molar-refractivity contribution in [3.63, 3.8) is 0 Å². The maximum absolute atomic E-state index is 13.3. The summed E-state index contributed by atoms with van der Waals surface area (Å²) in [6.07, 6.45) is 4.56. The number of para-hydroxylation sites is 1. The first kappa shape index (κ1) is 23.3. The van der Waals surface area contributed by atoms with E-state index in [0.29, 0.717) is 29.0 Å². The summed E-state index contributed by atoms with van der Waals surface area (Å²) >= 11 is 1.30. The van der Waals surface area contributed by atoms with E-state index in [1.807, 2.05) is 32.0 Å².